The van der Waals surface area contributed by atoms with Crippen LogP contribution in [0.2, 0.25) is 0 Å². The number of ether oxygens (including phenoxy) is 1. The molecule has 2 N–H and O–H groups in total. The van der Waals surface area contributed by atoms with Crippen LogP contribution in [0.1, 0.15) is 33.6 Å². The number of morpholine rings is 1. The first-order valence-corrected chi connectivity index (χ1v) is 9.04. The molecule has 2 amide bonds. The van der Waals surface area contributed by atoms with Crippen molar-refractivity contribution in [1.29, 1.82) is 0 Å². The zero-order valence-electron chi connectivity index (χ0n) is 15.1. The van der Waals surface area contributed by atoms with Crippen molar-refractivity contribution in [1.82, 2.24) is 20.4 Å². The highest BCUT2D eigenvalue weighted by atomic mass is 16.5. The van der Waals surface area contributed by atoms with Crippen molar-refractivity contribution >= 4 is 6.03 Å². The number of amides is 2. The number of carbonyl (C=O) groups excluding carboxylic acids is 1. The summed E-state index contributed by atoms with van der Waals surface area (Å²) in [5.74, 6) is 0.784. The number of nitrogens with one attached hydrogen (secondary N) is 2. The summed E-state index contributed by atoms with van der Waals surface area (Å²) in [5, 5.41) is 6.00. The molecule has 0 saturated carbocycles. The third kappa shape index (κ3) is 6.28. The van der Waals surface area contributed by atoms with Gasteiger partial charge in [0.25, 0.3) is 0 Å². The van der Waals surface area contributed by atoms with Crippen LogP contribution < -0.4 is 10.6 Å². The Bertz CT molecular complexity index is 370. The zero-order chi connectivity index (χ0) is 16.7. The van der Waals surface area contributed by atoms with Crippen LogP contribution in [0, 0.1) is 5.92 Å². The molecule has 6 heteroatoms. The monoisotopic (exact) mass is 326 g/mol. The first-order chi connectivity index (χ1) is 11.0. The van der Waals surface area contributed by atoms with Gasteiger partial charge in [0, 0.05) is 44.8 Å². The van der Waals surface area contributed by atoms with E-state index in [4.69, 9.17) is 4.74 Å². The van der Waals surface area contributed by atoms with Gasteiger partial charge in [0.2, 0.25) is 0 Å². The number of urea groups is 1. The molecule has 0 radical (unpaired) electrons. The molecule has 0 aromatic rings. The lowest BCUT2D eigenvalue weighted by atomic mass is 10.0. The van der Waals surface area contributed by atoms with Gasteiger partial charge in [0.05, 0.1) is 13.2 Å². The second-order valence-corrected chi connectivity index (χ2v) is 7.57. The molecular weight excluding hydrogens is 292 g/mol. The summed E-state index contributed by atoms with van der Waals surface area (Å²) in [6, 6.07) is -0.0589. The van der Waals surface area contributed by atoms with Gasteiger partial charge in [-0.15, -0.1) is 0 Å². The number of rotatable bonds is 6. The van der Waals surface area contributed by atoms with E-state index in [1.54, 1.807) is 0 Å². The first-order valence-electron chi connectivity index (χ1n) is 9.04. The van der Waals surface area contributed by atoms with Gasteiger partial charge in [-0.3, -0.25) is 4.90 Å². The van der Waals surface area contributed by atoms with Gasteiger partial charge >= 0.3 is 6.03 Å². The molecule has 23 heavy (non-hydrogen) atoms. The second kappa shape index (κ2) is 8.85. The van der Waals surface area contributed by atoms with Crippen molar-refractivity contribution in [3.8, 4) is 0 Å². The topological polar surface area (TPSA) is 56.8 Å². The second-order valence-electron chi connectivity index (χ2n) is 7.57. The van der Waals surface area contributed by atoms with Gasteiger partial charge in [-0.2, -0.15) is 0 Å². The number of piperidine rings is 1. The molecule has 2 heterocycles. The number of likely N-dealkylation sites (tertiary alicyclic amines) is 1. The Labute approximate surface area is 140 Å². The van der Waals surface area contributed by atoms with Crippen LogP contribution in [0.3, 0.4) is 0 Å². The quantitative estimate of drug-likeness (QED) is 0.768. The Morgan fingerprint density at radius 2 is 1.96 bits per heavy atom. The Morgan fingerprint density at radius 1 is 1.22 bits per heavy atom. The van der Waals surface area contributed by atoms with Crippen molar-refractivity contribution < 1.29 is 9.53 Å². The van der Waals surface area contributed by atoms with Gasteiger partial charge in [-0.05, 0) is 39.2 Å². The Morgan fingerprint density at radius 3 is 2.65 bits per heavy atom. The fraction of sp³-hybridized carbons (Fsp3) is 0.941. The fourth-order valence-electron chi connectivity index (χ4n) is 3.46. The number of hydrogen-bond acceptors (Lipinski definition) is 4. The molecule has 2 aliphatic rings. The fourth-order valence-corrected chi connectivity index (χ4v) is 3.46. The van der Waals surface area contributed by atoms with Crippen LogP contribution in [0.15, 0.2) is 0 Å². The molecule has 2 fully saturated rings. The summed E-state index contributed by atoms with van der Waals surface area (Å²) in [4.78, 5) is 16.8. The molecule has 0 aromatic carbocycles. The summed E-state index contributed by atoms with van der Waals surface area (Å²) in [5.41, 5.74) is -0.0383. The third-order valence-corrected chi connectivity index (χ3v) is 5.00. The maximum Gasteiger partial charge on any atom is 0.314 e. The standard InChI is InChI=1S/C17H34N4O2/c1-15-5-4-7-20(13-15)8-6-18-16(22)19-14-17(2,3)21-9-11-23-12-10-21/h15H,4-14H2,1-3H3,(H2,18,19,22). The lowest BCUT2D eigenvalue weighted by molar-refractivity contribution is -0.00874. The van der Waals surface area contributed by atoms with Crippen molar-refractivity contribution in [3.63, 3.8) is 0 Å². The van der Waals surface area contributed by atoms with Gasteiger partial charge in [0.1, 0.15) is 0 Å². The maximum atomic E-state index is 12.0. The largest absolute Gasteiger partial charge is 0.379 e. The average Bonchev–Trinajstić information content (AvgIpc) is 2.54. The highest BCUT2D eigenvalue weighted by Gasteiger charge is 2.28. The molecule has 1 unspecified atom stereocenters. The Balaban J connectivity index is 1.60. The van der Waals surface area contributed by atoms with E-state index in [2.05, 4.69) is 41.2 Å². The van der Waals surface area contributed by atoms with E-state index in [0.717, 1.165) is 58.4 Å². The van der Waals surface area contributed by atoms with Crippen LogP contribution in [0.5, 0.6) is 0 Å². The van der Waals surface area contributed by atoms with Gasteiger partial charge < -0.3 is 20.3 Å². The summed E-state index contributed by atoms with van der Waals surface area (Å²) in [6.45, 7) is 14.7. The molecular formula is C17H34N4O2. The summed E-state index contributed by atoms with van der Waals surface area (Å²) in [7, 11) is 0. The van der Waals surface area contributed by atoms with E-state index in [9.17, 15) is 4.79 Å². The number of nitrogens with zero attached hydrogens (tertiary/aromatic N) is 2. The highest BCUT2D eigenvalue weighted by molar-refractivity contribution is 5.73. The molecule has 2 aliphatic heterocycles. The van der Waals surface area contributed by atoms with Gasteiger partial charge in [0.15, 0.2) is 0 Å². The van der Waals surface area contributed by atoms with E-state index in [-0.39, 0.29) is 11.6 Å². The molecule has 0 aliphatic carbocycles. The lowest BCUT2D eigenvalue weighted by Crippen LogP contribution is -2.56. The molecule has 0 aromatic heterocycles. The minimum Gasteiger partial charge on any atom is -0.379 e. The number of carbonyl (C=O) groups is 1. The summed E-state index contributed by atoms with van der Waals surface area (Å²) >= 11 is 0. The molecule has 0 bridgehead atoms. The summed E-state index contributed by atoms with van der Waals surface area (Å²) < 4.78 is 5.39. The molecule has 1 atom stereocenters. The smallest absolute Gasteiger partial charge is 0.314 e. The van der Waals surface area contributed by atoms with E-state index in [0.29, 0.717) is 6.54 Å². The zero-order valence-corrected chi connectivity index (χ0v) is 15.1. The van der Waals surface area contributed by atoms with Crippen molar-refractivity contribution in [3.05, 3.63) is 0 Å². The lowest BCUT2D eigenvalue weighted by Gasteiger charge is -2.40. The minimum absolute atomic E-state index is 0.0383. The molecule has 6 nitrogen and oxygen atoms in total. The van der Waals surface area contributed by atoms with Crippen LogP contribution in [0.25, 0.3) is 0 Å². The third-order valence-electron chi connectivity index (χ3n) is 5.00. The molecule has 0 spiro atoms. The van der Waals surface area contributed by atoms with E-state index < -0.39 is 0 Å². The molecule has 2 saturated heterocycles. The van der Waals surface area contributed by atoms with Crippen LogP contribution >= 0.6 is 0 Å². The number of hydrogen-bond donors (Lipinski definition) is 2. The predicted octanol–water partition coefficient (Wildman–Crippen LogP) is 1.13. The van der Waals surface area contributed by atoms with E-state index in [1.807, 2.05) is 0 Å². The van der Waals surface area contributed by atoms with Crippen LogP contribution in [0.4, 0.5) is 4.79 Å². The Kier molecular flexibility index (Phi) is 7.11. The van der Waals surface area contributed by atoms with Crippen LogP contribution in [-0.2, 0) is 4.74 Å². The van der Waals surface area contributed by atoms with Gasteiger partial charge in [-0.1, -0.05) is 6.92 Å². The van der Waals surface area contributed by atoms with Crippen molar-refractivity contribution in [2.45, 2.75) is 39.2 Å². The first kappa shape index (κ1) is 18.5. The SMILES string of the molecule is CC1CCCN(CCNC(=O)NCC(C)(C)N2CCOCC2)C1. The van der Waals surface area contributed by atoms with E-state index >= 15 is 0 Å². The minimum atomic E-state index is -0.0589. The van der Waals surface area contributed by atoms with E-state index in [1.165, 1.54) is 12.8 Å². The molecule has 134 valence electrons. The van der Waals surface area contributed by atoms with Gasteiger partial charge in [-0.25, -0.2) is 4.79 Å². The maximum absolute atomic E-state index is 12.0. The molecule has 2 rings (SSSR count). The van der Waals surface area contributed by atoms with Crippen molar-refractivity contribution in [2.24, 2.45) is 5.92 Å². The highest BCUT2D eigenvalue weighted by Crippen LogP contribution is 2.15. The average molecular weight is 326 g/mol. The predicted molar refractivity (Wildman–Crippen MR) is 92.7 cm³/mol. The summed E-state index contributed by atoms with van der Waals surface area (Å²) in [6.07, 6.45) is 2.61. The van der Waals surface area contributed by atoms with Crippen LogP contribution in [-0.4, -0.2) is 80.4 Å². The normalized spacial score (nSPS) is 24.4. The Hall–Kier alpha value is -0.850. The van der Waals surface area contributed by atoms with Crippen molar-refractivity contribution in [2.75, 3.05) is 59.0 Å².